The van der Waals surface area contributed by atoms with Gasteiger partial charge >= 0.3 is 0 Å². The highest BCUT2D eigenvalue weighted by atomic mass is 32.2. The van der Waals surface area contributed by atoms with Crippen LogP contribution in [-0.4, -0.2) is 23.2 Å². The van der Waals surface area contributed by atoms with Crippen LogP contribution in [0.25, 0.3) is 0 Å². The Kier molecular flexibility index (Phi) is 5.51. The third-order valence-corrected chi connectivity index (χ3v) is 3.37. The minimum Gasteiger partial charge on any atom is -0.393 e. The molecule has 0 aliphatic carbocycles. The first-order chi connectivity index (χ1) is 6.33. The molecule has 1 aromatic heterocycles. The Morgan fingerprint density at radius 1 is 1.62 bits per heavy atom. The maximum atomic E-state index is 9.64. The fourth-order valence-electron chi connectivity index (χ4n) is 1.25. The van der Waals surface area contributed by atoms with Crippen molar-refractivity contribution in [3.05, 3.63) is 22.4 Å². The molecule has 0 fully saturated rings. The van der Waals surface area contributed by atoms with Gasteiger partial charge in [0.15, 0.2) is 0 Å². The standard InChI is InChI=1S/C10H16OS2/c1-12-5-2-3-10(11)7-9-4-6-13-8-9/h4,6,8,10-11H,2-3,5,7H2,1H3. The average Bonchev–Trinajstić information content (AvgIpc) is 2.57. The molecule has 1 atom stereocenters. The lowest BCUT2D eigenvalue weighted by Gasteiger charge is -2.08. The molecule has 13 heavy (non-hydrogen) atoms. The zero-order valence-electron chi connectivity index (χ0n) is 7.90. The van der Waals surface area contributed by atoms with Crippen LogP contribution in [0.5, 0.6) is 0 Å². The third kappa shape index (κ3) is 4.69. The lowest BCUT2D eigenvalue weighted by atomic mass is 10.1. The van der Waals surface area contributed by atoms with Crippen molar-refractivity contribution in [3.8, 4) is 0 Å². The molecule has 1 heterocycles. The second-order valence-electron chi connectivity index (χ2n) is 3.12. The Bertz CT molecular complexity index is 209. The van der Waals surface area contributed by atoms with Crippen molar-refractivity contribution in [1.29, 1.82) is 0 Å². The topological polar surface area (TPSA) is 20.2 Å². The molecule has 0 aliphatic rings. The van der Waals surface area contributed by atoms with Gasteiger partial charge in [-0.05, 0) is 53.7 Å². The second-order valence-corrected chi connectivity index (χ2v) is 4.89. The molecule has 0 spiro atoms. The van der Waals surface area contributed by atoms with Gasteiger partial charge in [-0.1, -0.05) is 0 Å². The molecule has 0 aromatic carbocycles. The van der Waals surface area contributed by atoms with Gasteiger partial charge < -0.3 is 5.11 Å². The molecule has 0 amide bonds. The first-order valence-electron chi connectivity index (χ1n) is 4.51. The fraction of sp³-hybridized carbons (Fsp3) is 0.600. The van der Waals surface area contributed by atoms with Gasteiger partial charge in [-0.15, -0.1) is 0 Å². The van der Waals surface area contributed by atoms with E-state index >= 15 is 0 Å². The minimum absolute atomic E-state index is 0.151. The summed E-state index contributed by atoms with van der Waals surface area (Å²) in [7, 11) is 0. The largest absolute Gasteiger partial charge is 0.393 e. The molecule has 0 saturated heterocycles. The summed E-state index contributed by atoms with van der Waals surface area (Å²) in [5.41, 5.74) is 1.27. The summed E-state index contributed by atoms with van der Waals surface area (Å²) in [5, 5.41) is 13.8. The first kappa shape index (κ1) is 11.1. The van der Waals surface area contributed by atoms with Crippen molar-refractivity contribution in [2.45, 2.75) is 25.4 Å². The van der Waals surface area contributed by atoms with Crippen LogP contribution >= 0.6 is 23.1 Å². The monoisotopic (exact) mass is 216 g/mol. The Balaban J connectivity index is 2.14. The summed E-state index contributed by atoms with van der Waals surface area (Å²) in [6, 6.07) is 2.09. The van der Waals surface area contributed by atoms with Crippen molar-refractivity contribution in [2.75, 3.05) is 12.0 Å². The molecule has 0 bridgehead atoms. The van der Waals surface area contributed by atoms with Crippen molar-refractivity contribution < 1.29 is 5.11 Å². The van der Waals surface area contributed by atoms with Gasteiger partial charge in [-0.3, -0.25) is 0 Å². The van der Waals surface area contributed by atoms with Gasteiger partial charge in [0.25, 0.3) is 0 Å². The van der Waals surface area contributed by atoms with Crippen molar-refractivity contribution in [3.63, 3.8) is 0 Å². The number of aliphatic hydroxyl groups is 1. The van der Waals surface area contributed by atoms with E-state index in [0.29, 0.717) is 0 Å². The van der Waals surface area contributed by atoms with E-state index in [2.05, 4.69) is 23.1 Å². The summed E-state index contributed by atoms with van der Waals surface area (Å²) < 4.78 is 0. The Morgan fingerprint density at radius 3 is 3.08 bits per heavy atom. The number of hydrogen-bond donors (Lipinski definition) is 1. The molecule has 1 rings (SSSR count). The lowest BCUT2D eigenvalue weighted by Crippen LogP contribution is -2.09. The molecule has 0 aliphatic heterocycles. The number of hydrogen-bond acceptors (Lipinski definition) is 3. The molecule has 1 N–H and O–H groups in total. The summed E-state index contributed by atoms with van der Waals surface area (Å²) in [6.45, 7) is 0. The van der Waals surface area contributed by atoms with E-state index < -0.39 is 0 Å². The van der Waals surface area contributed by atoms with Gasteiger partial charge in [0.1, 0.15) is 0 Å². The van der Waals surface area contributed by atoms with Crippen molar-refractivity contribution in [1.82, 2.24) is 0 Å². The van der Waals surface area contributed by atoms with Gasteiger partial charge in [-0.2, -0.15) is 23.1 Å². The maximum absolute atomic E-state index is 9.64. The highest BCUT2D eigenvalue weighted by Gasteiger charge is 2.04. The molecular formula is C10H16OS2. The lowest BCUT2D eigenvalue weighted by molar-refractivity contribution is 0.164. The van der Waals surface area contributed by atoms with Crippen LogP contribution in [0.2, 0.25) is 0 Å². The Labute approximate surface area is 88.2 Å². The smallest absolute Gasteiger partial charge is 0.0581 e. The molecular weight excluding hydrogens is 200 g/mol. The number of aliphatic hydroxyl groups excluding tert-OH is 1. The SMILES string of the molecule is CSCCCC(O)Cc1ccsc1. The molecule has 0 radical (unpaired) electrons. The van der Waals surface area contributed by atoms with Gasteiger partial charge in [0.2, 0.25) is 0 Å². The summed E-state index contributed by atoms with van der Waals surface area (Å²) in [5.74, 6) is 1.15. The van der Waals surface area contributed by atoms with Crippen LogP contribution in [0.1, 0.15) is 18.4 Å². The van der Waals surface area contributed by atoms with E-state index in [9.17, 15) is 5.11 Å². The summed E-state index contributed by atoms with van der Waals surface area (Å²) >= 11 is 3.54. The normalized spacial score (nSPS) is 13.1. The Morgan fingerprint density at radius 2 is 2.46 bits per heavy atom. The maximum Gasteiger partial charge on any atom is 0.0581 e. The fourth-order valence-corrected chi connectivity index (χ4v) is 2.38. The molecule has 0 saturated carbocycles. The first-order valence-corrected chi connectivity index (χ1v) is 6.84. The zero-order chi connectivity index (χ0) is 9.52. The average molecular weight is 216 g/mol. The molecule has 1 nitrogen and oxygen atoms in total. The van der Waals surface area contributed by atoms with E-state index in [4.69, 9.17) is 0 Å². The number of thioether (sulfide) groups is 1. The van der Waals surface area contributed by atoms with Crippen LogP contribution in [-0.2, 0) is 6.42 Å². The van der Waals surface area contributed by atoms with Gasteiger partial charge in [0.05, 0.1) is 6.10 Å². The van der Waals surface area contributed by atoms with E-state index in [1.165, 1.54) is 5.56 Å². The number of thiophene rings is 1. The van der Waals surface area contributed by atoms with Crippen LogP contribution < -0.4 is 0 Å². The van der Waals surface area contributed by atoms with E-state index in [-0.39, 0.29) is 6.10 Å². The molecule has 3 heteroatoms. The van der Waals surface area contributed by atoms with Crippen LogP contribution in [0, 0.1) is 0 Å². The Hall–Kier alpha value is 0.01000. The van der Waals surface area contributed by atoms with E-state index in [0.717, 1.165) is 25.0 Å². The second kappa shape index (κ2) is 6.46. The van der Waals surface area contributed by atoms with Gasteiger partial charge in [0, 0.05) is 0 Å². The predicted octanol–water partition coefficient (Wildman–Crippen LogP) is 2.79. The highest BCUT2D eigenvalue weighted by Crippen LogP contribution is 2.12. The quantitative estimate of drug-likeness (QED) is 0.738. The zero-order valence-corrected chi connectivity index (χ0v) is 9.53. The minimum atomic E-state index is -0.151. The van der Waals surface area contributed by atoms with Crippen LogP contribution in [0.15, 0.2) is 16.8 Å². The molecule has 1 unspecified atom stereocenters. The summed E-state index contributed by atoms with van der Waals surface area (Å²) in [6.07, 6.45) is 4.81. The third-order valence-electron chi connectivity index (χ3n) is 1.94. The van der Waals surface area contributed by atoms with Crippen molar-refractivity contribution in [2.24, 2.45) is 0 Å². The number of rotatable bonds is 6. The van der Waals surface area contributed by atoms with Gasteiger partial charge in [-0.25, -0.2) is 0 Å². The van der Waals surface area contributed by atoms with Crippen LogP contribution in [0.4, 0.5) is 0 Å². The van der Waals surface area contributed by atoms with Crippen molar-refractivity contribution >= 4 is 23.1 Å². The van der Waals surface area contributed by atoms with E-state index in [1.807, 2.05) is 11.8 Å². The molecule has 1 aromatic rings. The summed E-state index contributed by atoms with van der Waals surface area (Å²) in [4.78, 5) is 0. The highest BCUT2D eigenvalue weighted by molar-refractivity contribution is 7.98. The molecule has 74 valence electrons. The van der Waals surface area contributed by atoms with E-state index in [1.54, 1.807) is 11.3 Å². The van der Waals surface area contributed by atoms with Crippen LogP contribution in [0.3, 0.4) is 0 Å². The predicted molar refractivity (Wildman–Crippen MR) is 61.6 cm³/mol.